The normalized spacial score (nSPS) is 15.5. The Morgan fingerprint density at radius 2 is 1.81 bits per heavy atom. The van der Waals surface area contributed by atoms with E-state index in [-0.39, 0.29) is 11.9 Å². The van der Waals surface area contributed by atoms with E-state index in [0.717, 1.165) is 70.7 Å². The molecular weight excluding hydrogens is 344 g/mol. The molecule has 0 bridgehead atoms. The average molecular weight is 383 g/mol. The molecule has 1 fully saturated rings. The number of carbonyl (C=O) groups excluding carboxylic acids is 2. The fraction of sp³-hybridized carbons (Fsp3) is 0.850. The third kappa shape index (κ3) is 10.2. The summed E-state index contributed by atoms with van der Waals surface area (Å²) >= 11 is 0. The van der Waals surface area contributed by atoms with Crippen molar-refractivity contribution in [3.8, 4) is 0 Å². The number of guanidine groups is 1. The molecule has 0 radical (unpaired) electrons. The van der Waals surface area contributed by atoms with Crippen molar-refractivity contribution in [2.75, 3.05) is 39.8 Å². The van der Waals surface area contributed by atoms with Gasteiger partial charge in [0.25, 0.3) is 0 Å². The molecule has 156 valence electrons. The van der Waals surface area contributed by atoms with Gasteiger partial charge in [0.15, 0.2) is 5.96 Å². The molecule has 0 atom stereocenters. The number of piperidine rings is 1. The average Bonchev–Trinajstić information content (AvgIpc) is 2.67. The van der Waals surface area contributed by atoms with E-state index in [2.05, 4.69) is 22.5 Å². The van der Waals surface area contributed by atoms with Gasteiger partial charge in [0.1, 0.15) is 0 Å². The number of likely N-dealkylation sites (tertiary alicyclic amines) is 1. The first kappa shape index (κ1) is 23.2. The van der Waals surface area contributed by atoms with Crippen molar-refractivity contribution in [1.82, 2.24) is 15.5 Å². The highest BCUT2D eigenvalue weighted by atomic mass is 16.5. The molecular formula is C20H38N4O3. The van der Waals surface area contributed by atoms with Crippen molar-refractivity contribution < 1.29 is 14.3 Å². The lowest BCUT2D eigenvalue weighted by Crippen LogP contribution is -2.46. The van der Waals surface area contributed by atoms with E-state index >= 15 is 0 Å². The van der Waals surface area contributed by atoms with Crippen LogP contribution in [0.2, 0.25) is 0 Å². The van der Waals surface area contributed by atoms with E-state index in [1.807, 2.05) is 6.92 Å². The molecule has 0 aromatic rings. The third-order valence-corrected chi connectivity index (χ3v) is 4.86. The summed E-state index contributed by atoms with van der Waals surface area (Å²) in [6.07, 6.45) is 7.25. The first-order chi connectivity index (χ1) is 13.1. The van der Waals surface area contributed by atoms with E-state index in [4.69, 9.17) is 9.73 Å². The van der Waals surface area contributed by atoms with Crippen molar-refractivity contribution in [2.45, 2.75) is 65.2 Å². The minimum Gasteiger partial charge on any atom is -0.466 e. The molecule has 0 aliphatic carbocycles. The molecule has 0 spiro atoms. The predicted octanol–water partition coefficient (Wildman–Crippen LogP) is 2.31. The number of amides is 1. The molecule has 27 heavy (non-hydrogen) atoms. The van der Waals surface area contributed by atoms with Gasteiger partial charge in [0, 0.05) is 46.1 Å². The second kappa shape index (κ2) is 14.3. The van der Waals surface area contributed by atoms with Crippen LogP contribution in [0.15, 0.2) is 4.99 Å². The number of nitrogens with zero attached hydrogens (tertiary/aromatic N) is 2. The molecule has 0 saturated carbocycles. The van der Waals surface area contributed by atoms with Gasteiger partial charge in [-0.05, 0) is 45.4 Å². The number of hydrogen-bond acceptors (Lipinski definition) is 4. The second-order valence-electron chi connectivity index (χ2n) is 7.01. The number of carbonyl (C=O) groups is 2. The van der Waals surface area contributed by atoms with Crippen LogP contribution in [0.3, 0.4) is 0 Å². The minimum absolute atomic E-state index is 0.0928. The molecule has 1 saturated heterocycles. The first-order valence-electron chi connectivity index (χ1n) is 10.5. The maximum Gasteiger partial charge on any atom is 0.305 e. The van der Waals surface area contributed by atoms with Crippen molar-refractivity contribution >= 4 is 17.8 Å². The maximum atomic E-state index is 11.5. The van der Waals surface area contributed by atoms with Gasteiger partial charge in [0.05, 0.1) is 6.61 Å². The highest BCUT2D eigenvalue weighted by Crippen LogP contribution is 2.20. The van der Waals surface area contributed by atoms with Gasteiger partial charge in [-0.15, -0.1) is 0 Å². The molecule has 0 aromatic heterocycles. The van der Waals surface area contributed by atoms with Gasteiger partial charge in [-0.25, -0.2) is 0 Å². The van der Waals surface area contributed by atoms with Crippen LogP contribution >= 0.6 is 0 Å². The van der Waals surface area contributed by atoms with Crippen molar-refractivity contribution in [1.29, 1.82) is 0 Å². The predicted molar refractivity (Wildman–Crippen MR) is 109 cm³/mol. The van der Waals surface area contributed by atoms with Gasteiger partial charge in [-0.3, -0.25) is 14.6 Å². The Morgan fingerprint density at radius 1 is 1.11 bits per heavy atom. The quantitative estimate of drug-likeness (QED) is 0.248. The summed E-state index contributed by atoms with van der Waals surface area (Å²) < 4.78 is 4.93. The monoisotopic (exact) mass is 382 g/mol. The van der Waals surface area contributed by atoms with E-state index in [9.17, 15) is 9.59 Å². The van der Waals surface area contributed by atoms with Crippen LogP contribution in [0, 0.1) is 5.92 Å². The van der Waals surface area contributed by atoms with Gasteiger partial charge in [-0.2, -0.15) is 0 Å². The standard InChI is InChI=1S/C20H38N4O3/c1-4-22-20(23-13-9-7-6-8-10-19(26)27-5-2)24-14-11-17(12-15-24)16-18(25)21-3/h17H,4-16H2,1-3H3,(H,21,25)(H,22,23). The molecule has 1 aliphatic heterocycles. The molecule has 0 unspecified atom stereocenters. The van der Waals surface area contributed by atoms with Crippen LogP contribution in [0.4, 0.5) is 0 Å². The molecule has 2 N–H and O–H groups in total. The Morgan fingerprint density at radius 3 is 2.44 bits per heavy atom. The summed E-state index contributed by atoms with van der Waals surface area (Å²) in [7, 11) is 1.70. The highest BCUT2D eigenvalue weighted by molar-refractivity contribution is 5.80. The molecule has 1 heterocycles. The number of rotatable bonds is 11. The van der Waals surface area contributed by atoms with Gasteiger partial charge >= 0.3 is 5.97 Å². The zero-order valence-electron chi connectivity index (χ0n) is 17.4. The Balaban J connectivity index is 2.26. The number of hydrogen-bond donors (Lipinski definition) is 2. The van der Waals surface area contributed by atoms with Gasteiger partial charge in [-0.1, -0.05) is 12.8 Å². The number of ether oxygens (including phenoxy) is 1. The highest BCUT2D eigenvalue weighted by Gasteiger charge is 2.22. The Hall–Kier alpha value is -1.79. The Kier molecular flexibility index (Phi) is 12.3. The van der Waals surface area contributed by atoms with Crippen LogP contribution in [0.25, 0.3) is 0 Å². The molecule has 0 aromatic carbocycles. The SMILES string of the molecule is CCNC(=NCCCCCCC(=O)OCC)N1CCC(CC(=O)NC)CC1. The van der Waals surface area contributed by atoms with Crippen molar-refractivity contribution in [2.24, 2.45) is 10.9 Å². The summed E-state index contributed by atoms with van der Waals surface area (Å²) in [4.78, 5) is 29.9. The van der Waals surface area contributed by atoms with Crippen LogP contribution in [0.1, 0.15) is 65.2 Å². The number of nitrogens with one attached hydrogen (secondary N) is 2. The van der Waals surface area contributed by atoms with E-state index in [1.165, 1.54) is 0 Å². The fourth-order valence-corrected chi connectivity index (χ4v) is 3.29. The number of esters is 1. The van der Waals surface area contributed by atoms with Crippen LogP contribution in [0.5, 0.6) is 0 Å². The van der Waals surface area contributed by atoms with Crippen LogP contribution < -0.4 is 10.6 Å². The molecule has 1 aliphatic rings. The van der Waals surface area contributed by atoms with Gasteiger partial charge < -0.3 is 20.3 Å². The maximum absolute atomic E-state index is 11.5. The molecule has 1 amide bonds. The van der Waals surface area contributed by atoms with E-state index < -0.39 is 0 Å². The lowest BCUT2D eigenvalue weighted by Gasteiger charge is -2.34. The summed E-state index contributed by atoms with van der Waals surface area (Å²) in [5.41, 5.74) is 0. The number of aliphatic imine (C=N–C) groups is 1. The summed E-state index contributed by atoms with van der Waals surface area (Å²) in [6, 6.07) is 0. The van der Waals surface area contributed by atoms with E-state index in [1.54, 1.807) is 7.05 Å². The van der Waals surface area contributed by atoms with Gasteiger partial charge in [0.2, 0.25) is 5.91 Å². The zero-order valence-corrected chi connectivity index (χ0v) is 17.4. The van der Waals surface area contributed by atoms with Crippen molar-refractivity contribution in [3.63, 3.8) is 0 Å². The second-order valence-corrected chi connectivity index (χ2v) is 7.01. The molecule has 1 rings (SSSR count). The zero-order chi connectivity index (χ0) is 19.9. The summed E-state index contributed by atoms with van der Waals surface area (Å²) in [6.45, 7) is 7.95. The lowest BCUT2D eigenvalue weighted by atomic mass is 9.93. The largest absolute Gasteiger partial charge is 0.466 e. The minimum atomic E-state index is -0.0928. The topological polar surface area (TPSA) is 83.0 Å². The lowest BCUT2D eigenvalue weighted by molar-refractivity contribution is -0.143. The van der Waals surface area contributed by atoms with Crippen LogP contribution in [-0.2, 0) is 14.3 Å². The number of unbranched alkanes of at least 4 members (excludes halogenated alkanes) is 3. The summed E-state index contributed by atoms with van der Waals surface area (Å²) in [5, 5.41) is 6.10. The summed E-state index contributed by atoms with van der Waals surface area (Å²) in [5.74, 6) is 1.51. The van der Waals surface area contributed by atoms with E-state index in [0.29, 0.717) is 25.4 Å². The smallest absolute Gasteiger partial charge is 0.305 e. The Bertz CT molecular complexity index is 460. The Labute approximate surface area is 164 Å². The fourth-order valence-electron chi connectivity index (χ4n) is 3.29. The van der Waals surface area contributed by atoms with Crippen LogP contribution in [-0.4, -0.2) is 62.6 Å². The van der Waals surface area contributed by atoms with Crippen molar-refractivity contribution in [3.05, 3.63) is 0 Å². The molecule has 7 heteroatoms. The first-order valence-corrected chi connectivity index (χ1v) is 10.5. The third-order valence-electron chi connectivity index (χ3n) is 4.86. The molecule has 7 nitrogen and oxygen atoms in total.